The Labute approximate surface area is 125 Å². The van der Waals surface area contributed by atoms with Crippen molar-refractivity contribution in [3.8, 4) is 11.4 Å². The molecule has 0 saturated carbocycles. The number of ether oxygens (including phenoxy) is 1. The molecule has 0 aliphatic carbocycles. The number of rotatable bonds is 3. The molecule has 1 N–H and O–H groups in total. The second-order valence-electron chi connectivity index (χ2n) is 4.25. The van der Waals surface area contributed by atoms with E-state index in [-0.39, 0.29) is 16.4 Å². The summed E-state index contributed by atoms with van der Waals surface area (Å²) in [5.74, 6) is 0.0208. The fourth-order valence-electron chi connectivity index (χ4n) is 2.03. The number of hydrogen-bond acceptors (Lipinski definition) is 3. The molecular formula is C13H12Cl2N2O3. The SMILES string of the molecule is COc1cc(Cl)cc(Cl)c1-n1[nH]c(C)c(C(C)=O)c1=O. The van der Waals surface area contributed by atoms with Crippen molar-refractivity contribution in [2.75, 3.05) is 7.11 Å². The van der Waals surface area contributed by atoms with Crippen molar-refractivity contribution in [2.24, 2.45) is 0 Å². The fourth-order valence-corrected chi connectivity index (χ4v) is 2.59. The summed E-state index contributed by atoms with van der Waals surface area (Å²) in [6, 6.07) is 3.04. The molecule has 1 aromatic carbocycles. The summed E-state index contributed by atoms with van der Waals surface area (Å²) in [4.78, 5) is 23.8. The average molecular weight is 315 g/mol. The zero-order valence-electron chi connectivity index (χ0n) is 11.1. The van der Waals surface area contributed by atoms with Gasteiger partial charge >= 0.3 is 0 Å². The first-order valence-corrected chi connectivity index (χ1v) is 6.48. The van der Waals surface area contributed by atoms with Crippen molar-refractivity contribution < 1.29 is 9.53 Å². The zero-order chi connectivity index (χ0) is 15.0. The number of nitrogens with one attached hydrogen (secondary N) is 1. The van der Waals surface area contributed by atoms with E-state index in [9.17, 15) is 9.59 Å². The summed E-state index contributed by atoms with van der Waals surface area (Å²) in [6.07, 6.45) is 0. The normalized spacial score (nSPS) is 10.7. The number of Topliss-reactive ketones (excluding diaryl/α,β-unsaturated/α-hetero) is 1. The molecule has 0 aliphatic rings. The molecule has 0 fully saturated rings. The lowest BCUT2D eigenvalue weighted by Crippen LogP contribution is -2.20. The predicted molar refractivity (Wildman–Crippen MR) is 77.7 cm³/mol. The van der Waals surface area contributed by atoms with Gasteiger partial charge in [0.2, 0.25) is 0 Å². The second-order valence-corrected chi connectivity index (χ2v) is 5.09. The molecule has 2 aromatic rings. The minimum absolute atomic E-state index is 0.0954. The minimum atomic E-state index is -0.475. The second kappa shape index (κ2) is 5.34. The van der Waals surface area contributed by atoms with Crippen LogP contribution in [-0.2, 0) is 0 Å². The highest BCUT2D eigenvalue weighted by Crippen LogP contribution is 2.33. The quantitative estimate of drug-likeness (QED) is 0.886. The molecule has 20 heavy (non-hydrogen) atoms. The van der Waals surface area contributed by atoms with Crippen LogP contribution in [0.2, 0.25) is 10.0 Å². The third-order valence-corrected chi connectivity index (χ3v) is 3.37. The van der Waals surface area contributed by atoms with Gasteiger partial charge in [0.05, 0.1) is 12.1 Å². The summed E-state index contributed by atoms with van der Waals surface area (Å²) in [5.41, 5.74) is 0.408. The number of H-pyrrole nitrogens is 1. The molecule has 0 amide bonds. The number of halogens is 2. The lowest BCUT2D eigenvalue weighted by Gasteiger charge is -2.11. The molecule has 0 bridgehead atoms. The van der Waals surface area contributed by atoms with Gasteiger partial charge in [-0.2, -0.15) is 0 Å². The zero-order valence-corrected chi connectivity index (χ0v) is 12.6. The monoisotopic (exact) mass is 314 g/mol. The van der Waals surface area contributed by atoms with E-state index in [0.29, 0.717) is 22.2 Å². The van der Waals surface area contributed by atoms with Gasteiger partial charge in [0.25, 0.3) is 5.56 Å². The predicted octanol–water partition coefficient (Wildman–Crippen LogP) is 2.99. The molecule has 0 unspecified atom stereocenters. The summed E-state index contributed by atoms with van der Waals surface area (Å²) < 4.78 is 6.38. The number of aromatic nitrogens is 2. The maximum Gasteiger partial charge on any atom is 0.282 e. The van der Waals surface area contributed by atoms with Gasteiger partial charge in [-0.3, -0.25) is 14.7 Å². The van der Waals surface area contributed by atoms with E-state index < -0.39 is 5.56 Å². The van der Waals surface area contributed by atoms with Crippen molar-refractivity contribution in [1.82, 2.24) is 9.78 Å². The van der Waals surface area contributed by atoms with Crippen molar-refractivity contribution >= 4 is 29.0 Å². The largest absolute Gasteiger partial charge is 0.494 e. The number of aromatic amines is 1. The smallest absolute Gasteiger partial charge is 0.282 e. The molecule has 0 spiro atoms. The van der Waals surface area contributed by atoms with Crippen molar-refractivity contribution in [3.05, 3.63) is 43.8 Å². The number of ketones is 1. The van der Waals surface area contributed by atoms with Gasteiger partial charge in [-0.15, -0.1) is 0 Å². The Hall–Kier alpha value is -1.72. The van der Waals surface area contributed by atoms with Crippen LogP contribution in [0.25, 0.3) is 5.69 Å². The molecule has 2 rings (SSSR count). The van der Waals surface area contributed by atoms with Crippen LogP contribution in [-0.4, -0.2) is 22.7 Å². The first kappa shape index (κ1) is 14.7. The van der Waals surface area contributed by atoms with E-state index in [0.717, 1.165) is 0 Å². The standard InChI is InChI=1S/C13H12Cl2N2O3/c1-6-11(7(2)18)13(19)17(16-6)12-9(15)4-8(14)5-10(12)20-3/h4-5,16H,1-3H3. The average Bonchev–Trinajstić information content (AvgIpc) is 2.63. The third kappa shape index (κ3) is 2.34. The van der Waals surface area contributed by atoms with Gasteiger partial charge in [-0.1, -0.05) is 23.2 Å². The summed E-state index contributed by atoms with van der Waals surface area (Å²) >= 11 is 12.0. The molecule has 106 valence electrons. The molecule has 1 aromatic heterocycles. The van der Waals surface area contributed by atoms with Gasteiger partial charge in [0.1, 0.15) is 17.0 Å². The Kier molecular flexibility index (Phi) is 3.92. The first-order chi connectivity index (χ1) is 9.36. The third-order valence-electron chi connectivity index (χ3n) is 2.86. The van der Waals surface area contributed by atoms with E-state index >= 15 is 0 Å². The number of hydrogen-bond donors (Lipinski definition) is 1. The Bertz CT molecular complexity index is 747. The number of methoxy groups -OCH3 is 1. The van der Waals surface area contributed by atoms with E-state index in [1.54, 1.807) is 13.0 Å². The molecule has 0 radical (unpaired) electrons. The molecule has 0 saturated heterocycles. The number of carbonyl (C=O) groups is 1. The van der Waals surface area contributed by atoms with E-state index in [2.05, 4.69) is 5.10 Å². The van der Waals surface area contributed by atoms with E-state index in [1.165, 1.54) is 24.8 Å². The maximum absolute atomic E-state index is 12.3. The van der Waals surface area contributed by atoms with Gasteiger partial charge in [0, 0.05) is 16.8 Å². The van der Waals surface area contributed by atoms with Crippen LogP contribution in [0.4, 0.5) is 0 Å². The molecule has 0 aliphatic heterocycles. The van der Waals surface area contributed by atoms with Crippen molar-refractivity contribution in [2.45, 2.75) is 13.8 Å². The van der Waals surface area contributed by atoms with E-state index in [4.69, 9.17) is 27.9 Å². The van der Waals surface area contributed by atoms with Crippen LogP contribution in [0.1, 0.15) is 23.0 Å². The molecular weight excluding hydrogens is 303 g/mol. The van der Waals surface area contributed by atoms with Gasteiger partial charge in [0.15, 0.2) is 5.78 Å². The van der Waals surface area contributed by atoms with Gasteiger partial charge in [-0.05, 0) is 19.9 Å². The highest BCUT2D eigenvalue weighted by Gasteiger charge is 2.20. The number of aryl methyl sites for hydroxylation is 1. The Morgan fingerprint density at radius 3 is 2.50 bits per heavy atom. The molecule has 0 atom stereocenters. The summed E-state index contributed by atoms with van der Waals surface area (Å²) in [7, 11) is 1.44. The van der Waals surface area contributed by atoms with E-state index in [1.807, 2.05) is 0 Å². The van der Waals surface area contributed by atoms with Crippen LogP contribution < -0.4 is 10.3 Å². The number of carbonyl (C=O) groups excluding carboxylic acids is 1. The Balaban J connectivity index is 2.79. The Morgan fingerprint density at radius 2 is 2.00 bits per heavy atom. The first-order valence-electron chi connectivity index (χ1n) is 5.72. The highest BCUT2D eigenvalue weighted by atomic mass is 35.5. The topological polar surface area (TPSA) is 64.1 Å². The van der Waals surface area contributed by atoms with Crippen LogP contribution in [0.5, 0.6) is 5.75 Å². The maximum atomic E-state index is 12.3. The van der Waals surface area contributed by atoms with Crippen LogP contribution in [0.15, 0.2) is 16.9 Å². The molecule has 1 heterocycles. The number of benzene rings is 1. The van der Waals surface area contributed by atoms with Gasteiger partial charge in [-0.25, -0.2) is 4.68 Å². The van der Waals surface area contributed by atoms with Crippen molar-refractivity contribution in [3.63, 3.8) is 0 Å². The lowest BCUT2D eigenvalue weighted by molar-refractivity contribution is 0.101. The highest BCUT2D eigenvalue weighted by molar-refractivity contribution is 6.36. The van der Waals surface area contributed by atoms with Crippen LogP contribution in [0.3, 0.4) is 0 Å². The minimum Gasteiger partial charge on any atom is -0.494 e. The molecule has 7 heteroatoms. The fraction of sp³-hybridized carbons (Fsp3) is 0.231. The molecule has 5 nitrogen and oxygen atoms in total. The Morgan fingerprint density at radius 1 is 1.35 bits per heavy atom. The van der Waals surface area contributed by atoms with Gasteiger partial charge < -0.3 is 4.74 Å². The van der Waals surface area contributed by atoms with Crippen LogP contribution in [0, 0.1) is 6.92 Å². The summed E-state index contributed by atoms with van der Waals surface area (Å²) in [5, 5.41) is 3.45. The lowest BCUT2D eigenvalue weighted by atomic mass is 10.2. The summed E-state index contributed by atoms with van der Waals surface area (Å²) in [6.45, 7) is 2.98. The van der Waals surface area contributed by atoms with Crippen molar-refractivity contribution in [1.29, 1.82) is 0 Å². The van der Waals surface area contributed by atoms with Crippen LogP contribution >= 0.6 is 23.2 Å². The number of nitrogens with zero attached hydrogens (tertiary/aromatic N) is 1.